The average molecular weight is 369 g/mol. The van der Waals surface area contributed by atoms with Crippen LogP contribution in [0, 0.1) is 6.92 Å². The smallest absolute Gasteiger partial charge is 0.295 e. The van der Waals surface area contributed by atoms with E-state index in [1.807, 2.05) is 18.2 Å². The Morgan fingerprint density at radius 3 is 2.68 bits per heavy atom. The monoisotopic (exact) mass is 369 g/mol. The van der Waals surface area contributed by atoms with Gasteiger partial charge in [0.1, 0.15) is 17.8 Å². The van der Waals surface area contributed by atoms with Crippen LogP contribution in [0.25, 0.3) is 49.3 Å². The lowest BCUT2D eigenvalue weighted by Crippen LogP contribution is -2.23. The van der Waals surface area contributed by atoms with E-state index in [1.165, 1.54) is 21.7 Å². The maximum atomic E-state index is 14.3. The number of rotatable bonds is 1. The summed E-state index contributed by atoms with van der Waals surface area (Å²) in [5.41, 5.74) is 6.64. The molecule has 0 aliphatic heterocycles. The number of furan rings is 1. The molecule has 0 fully saturated rings. The fraction of sp³-hybridized carbons (Fsp3) is 0.125. The van der Waals surface area contributed by atoms with E-state index >= 15 is 0 Å². The minimum atomic E-state index is -0.542. The van der Waals surface area contributed by atoms with E-state index < -0.39 is 6.67 Å². The first-order valence-corrected chi connectivity index (χ1v) is 9.40. The van der Waals surface area contributed by atoms with Crippen LogP contribution in [-0.4, -0.2) is 4.57 Å². The molecule has 3 aromatic carbocycles. The van der Waals surface area contributed by atoms with E-state index in [0.717, 1.165) is 33.2 Å². The van der Waals surface area contributed by atoms with Gasteiger partial charge < -0.3 is 4.42 Å². The number of imidazole rings is 1. The van der Waals surface area contributed by atoms with Crippen molar-refractivity contribution in [2.75, 3.05) is 0 Å². The van der Waals surface area contributed by atoms with E-state index in [0.29, 0.717) is 5.56 Å². The third-order valence-corrected chi connectivity index (χ3v) is 6.00. The van der Waals surface area contributed by atoms with Crippen molar-refractivity contribution < 1.29 is 13.2 Å². The summed E-state index contributed by atoms with van der Waals surface area (Å²) in [7, 11) is 2.05. The highest BCUT2D eigenvalue weighted by Crippen LogP contribution is 2.34. The molecule has 0 radical (unpaired) electrons. The van der Waals surface area contributed by atoms with Crippen LogP contribution in [0.5, 0.6) is 0 Å². The predicted molar refractivity (Wildman–Crippen MR) is 110 cm³/mol. The Kier molecular flexibility index (Phi) is 2.97. The molecule has 6 rings (SSSR count). The summed E-state index contributed by atoms with van der Waals surface area (Å²) in [5.74, 6) is 0. The van der Waals surface area contributed by atoms with Gasteiger partial charge >= 0.3 is 0 Å². The molecule has 0 aliphatic rings. The first kappa shape index (κ1) is 15.6. The maximum Gasteiger partial charge on any atom is 0.295 e. The maximum absolute atomic E-state index is 14.3. The van der Waals surface area contributed by atoms with E-state index in [2.05, 4.69) is 59.3 Å². The highest BCUT2D eigenvalue weighted by atomic mass is 19.1. The van der Waals surface area contributed by atoms with Crippen molar-refractivity contribution in [1.82, 2.24) is 4.57 Å². The fourth-order valence-electron chi connectivity index (χ4n) is 4.77. The summed E-state index contributed by atoms with van der Waals surface area (Å²) in [4.78, 5) is 0. The van der Waals surface area contributed by atoms with Crippen molar-refractivity contribution in [2.45, 2.75) is 13.6 Å². The van der Waals surface area contributed by atoms with E-state index in [-0.39, 0.29) is 0 Å². The zero-order valence-electron chi connectivity index (χ0n) is 15.7. The van der Waals surface area contributed by atoms with Gasteiger partial charge in [-0.05, 0) is 24.6 Å². The van der Waals surface area contributed by atoms with Crippen molar-refractivity contribution >= 4 is 49.3 Å². The van der Waals surface area contributed by atoms with Gasteiger partial charge in [-0.3, -0.25) is 0 Å². The number of alkyl halides is 1. The van der Waals surface area contributed by atoms with Gasteiger partial charge in [0.05, 0.1) is 18.7 Å². The second-order valence-electron chi connectivity index (χ2n) is 7.42. The molecule has 0 N–H and O–H groups in total. The lowest BCUT2D eigenvalue weighted by molar-refractivity contribution is -0.449. The van der Waals surface area contributed by atoms with E-state index in [1.54, 1.807) is 6.26 Å². The number of halogens is 1. The van der Waals surface area contributed by atoms with Gasteiger partial charge in [-0.1, -0.05) is 36.4 Å². The number of fused-ring (bicyclic) bond motifs is 9. The molecular formula is C24H18FN2O+. The van der Waals surface area contributed by atoms with Crippen molar-refractivity contribution in [3.63, 3.8) is 0 Å². The summed E-state index contributed by atoms with van der Waals surface area (Å²) >= 11 is 0. The molecule has 0 spiro atoms. The number of para-hydroxylation sites is 1. The van der Waals surface area contributed by atoms with Crippen LogP contribution in [0.15, 0.2) is 65.3 Å². The molecule has 0 amide bonds. The molecule has 3 nitrogen and oxygen atoms in total. The Labute approximate surface area is 160 Å². The minimum absolute atomic E-state index is 0.542. The second-order valence-corrected chi connectivity index (χ2v) is 7.42. The molecule has 0 saturated carbocycles. The van der Waals surface area contributed by atoms with Crippen molar-refractivity contribution in [1.29, 1.82) is 0 Å². The number of nitrogens with zero attached hydrogens (tertiary/aromatic N) is 2. The van der Waals surface area contributed by atoms with Crippen LogP contribution >= 0.6 is 0 Å². The average Bonchev–Trinajstić information content (AvgIpc) is 3.30. The quantitative estimate of drug-likeness (QED) is 0.267. The van der Waals surface area contributed by atoms with Crippen LogP contribution in [-0.2, 0) is 13.7 Å². The molecular weight excluding hydrogens is 351 g/mol. The third-order valence-electron chi connectivity index (χ3n) is 6.00. The normalized spacial score (nSPS) is 12.2. The largest absolute Gasteiger partial charge is 0.464 e. The molecule has 28 heavy (non-hydrogen) atoms. The fourth-order valence-corrected chi connectivity index (χ4v) is 4.77. The predicted octanol–water partition coefficient (Wildman–Crippen LogP) is 5.75. The van der Waals surface area contributed by atoms with Crippen LogP contribution in [0.3, 0.4) is 0 Å². The Morgan fingerprint density at radius 1 is 1.00 bits per heavy atom. The Morgan fingerprint density at radius 2 is 1.82 bits per heavy atom. The lowest BCUT2D eigenvalue weighted by Gasteiger charge is -2.07. The summed E-state index contributed by atoms with van der Waals surface area (Å²) < 4.78 is 24.3. The molecule has 0 atom stereocenters. The number of hydrogen-bond acceptors (Lipinski definition) is 1. The van der Waals surface area contributed by atoms with Gasteiger partial charge in [-0.15, -0.1) is 0 Å². The molecule has 3 aromatic heterocycles. The van der Waals surface area contributed by atoms with Crippen molar-refractivity contribution in [3.05, 3.63) is 72.0 Å². The van der Waals surface area contributed by atoms with Gasteiger partial charge in [-0.2, -0.15) is 4.40 Å². The lowest BCUT2D eigenvalue weighted by atomic mass is 10.0. The Hall–Kier alpha value is -3.40. The van der Waals surface area contributed by atoms with Gasteiger partial charge in [0.15, 0.2) is 11.0 Å². The van der Waals surface area contributed by atoms with Gasteiger partial charge in [0, 0.05) is 27.8 Å². The number of hydrogen-bond donors (Lipinski definition) is 0. The standard InChI is InChI=1S/C24H18FN2O/c1-14-6-5-8-17-15-7-3-4-9-19(15)27-23-18(13-25)16-10-11-28-21(16)12-20(23)26(2)24(27)22(14)17/h3-12H,13H2,1-2H3/q+1. The number of pyridine rings is 1. The van der Waals surface area contributed by atoms with E-state index in [4.69, 9.17) is 4.42 Å². The molecule has 0 saturated heterocycles. The van der Waals surface area contributed by atoms with Gasteiger partial charge in [0.25, 0.3) is 5.65 Å². The zero-order valence-corrected chi connectivity index (χ0v) is 15.7. The molecule has 4 heteroatoms. The highest BCUT2D eigenvalue weighted by molar-refractivity contribution is 6.12. The van der Waals surface area contributed by atoms with Gasteiger partial charge in [0.2, 0.25) is 0 Å². The first-order chi connectivity index (χ1) is 13.7. The summed E-state index contributed by atoms with van der Waals surface area (Å²) in [6.07, 6.45) is 1.63. The SMILES string of the molecule is Cc1cccc2c3ccccc3[n+]3c4c(CF)c5ccoc5cc4n(C)c3c12. The number of benzene rings is 3. The highest BCUT2D eigenvalue weighted by Gasteiger charge is 2.27. The molecule has 0 aliphatic carbocycles. The number of aromatic nitrogens is 2. The molecule has 136 valence electrons. The summed E-state index contributed by atoms with van der Waals surface area (Å²) in [6, 6.07) is 18.7. The van der Waals surface area contributed by atoms with Crippen LogP contribution in [0.4, 0.5) is 4.39 Å². The topological polar surface area (TPSA) is 22.2 Å². The van der Waals surface area contributed by atoms with Crippen molar-refractivity contribution in [2.24, 2.45) is 7.05 Å². The van der Waals surface area contributed by atoms with Crippen LogP contribution < -0.4 is 4.40 Å². The van der Waals surface area contributed by atoms with Crippen molar-refractivity contribution in [3.8, 4) is 0 Å². The van der Waals surface area contributed by atoms with Crippen LogP contribution in [0.2, 0.25) is 0 Å². The molecule has 6 aromatic rings. The Balaban J connectivity index is 2.08. The van der Waals surface area contributed by atoms with E-state index in [9.17, 15) is 4.39 Å². The summed E-state index contributed by atoms with van der Waals surface area (Å²) in [5, 5.41) is 4.42. The molecule has 0 unspecified atom stereocenters. The first-order valence-electron chi connectivity index (χ1n) is 9.40. The number of aryl methyl sites for hydroxylation is 2. The molecule has 3 heterocycles. The van der Waals surface area contributed by atoms with Gasteiger partial charge in [-0.25, -0.2) is 8.96 Å². The summed E-state index contributed by atoms with van der Waals surface area (Å²) in [6.45, 7) is 1.59. The zero-order chi connectivity index (χ0) is 19.0. The third kappa shape index (κ3) is 1.75. The Bertz CT molecular complexity index is 1570. The van der Waals surface area contributed by atoms with Crippen LogP contribution in [0.1, 0.15) is 11.1 Å². The minimum Gasteiger partial charge on any atom is -0.464 e. The molecule has 0 bridgehead atoms. The second kappa shape index (κ2) is 5.32.